The van der Waals surface area contributed by atoms with Gasteiger partial charge in [-0.25, -0.2) is 0 Å². The van der Waals surface area contributed by atoms with Crippen LogP contribution in [0, 0.1) is 17.2 Å². The standard InChI is InChI=1S/C15H20N2O/c1-2-3-15(12-4-5-12)17-13-6-8-14(9-7-13)18-11-10-16/h6-9,12,15,17H,2-5,11H2,1H3. The number of anilines is 1. The number of hydrogen-bond donors (Lipinski definition) is 1. The van der Waals surface area contributed by atoms with Gasteiger partial charge in [-0.3, -0.25) is 0 Å². The SMILES string of the molecule is CCCC(Nc1ccc(OCC#N)cc1)C1CC1. The van der Waals surface area contributed by atoms with Crippen molar-refractivity contribution in [3.05, 3.63) is 24.3 Å². The zero-order valence-electron chi connectivity index (χ0n) is 10.9. The van der Waals surface area contributed by atoms with Crippen LogP contribution in [-0.2, 0) is 0 Å². The number of nitriles is 1. The molecular formula is C15H20N2O. The van der Waals surface area contributed by atoms with Gasteiger partial charge in [0.25, 0.3) is 0 Å². The molecule has 1 atom stereocenters. The summed E-state index contributed by atoms with van der Waals surface area (Å²) in [6.45, 7) is 2.34. The van der Waals surface area contributed by atoms with E-state index in [1.54, 1.807) is 0 Å². The highest BCUT2D eigenvalue weighted by atomic mass is 16.5. The van der Waals surface area contributed by atoms with E-state index < -0.39 is 0 Å². The lowest BCUT2D eigenvalue weighted by atomic mass is 10.1. The van der Waals surface area contributed by atoms with Crippen LogP contribution >= 0.6 is 0 Å². The Labute approximate surface area is 109 Å². The Morgan fingerprint density at radius 3 is 2.67 bits per heavy atom. The summed E-state index contributed by atoms with van der Waals surface area (Å²) in [5, 5.41) is 12.0. The molecule has 1 aliphatic rings. The molecule has 0 radical (unpaired) electrons. The van der Waals surface area contributed by atoms with Crippen molar-refractivity contribution in [3.63, 3.8) is 0 Å². The molecular weight excluding hydrogens is 224 g/mol. The Kier molecular flexibility index (Phi) is 4.46. The molecule has 3 nitrogen and oxygen atoms in total. The molecule has 0 bridgehead atoms. The Hall–Kier alpha value is -1.69. The lowest BCUT2D eigenvalue weighted by Gasteiger charge is -2.19. The molecule has 1 aromatic carbocycles. The van der Waals surface area contributed by atoms with Crippen LogP contribution in [0.3, 0.4) is 0 Å². The minimum Gasteiger partial charge on any atom is -0.479 e. The minimum atomic E-state index is 0.104. The zero-order valence-corrected chi connectivity index (χ0v) is 10.9. The third kappa shape index (κ3) is 3.66. The summed E-state index contributed by atoms with van der Waals surface area (Å²) in [5.41, 5.74) is 1.14. The van der Waals surface area contributed by atoms with E-state index in [1.807, 2.05) is 30.3 Å². The van der Waals surface area contributed by atoms with Gasteiger partial charge in [0.15, 0.2) is 6.61 Å². The second kappa shape index (κ2) is 6.30. The fraction of sp³-hybridized carbons (Fsp3) is 0.533. The molecule has 0 amide bonds. The fourth-order valence-corrected chi connectivity index (χ4v) is 2.21. The first-order valence-corrected chi connectivity index (χ1v) is 6.70. The average Bonchev–Trinajstić information content (AvgIpc) is 3.22. The van der Waals surface area contributed by atoms with Gasteiger partial charge in [-0.2, -0.15) is 5.26 Å². The second-order valence-electron chi connectivity index (χ2n) is 4.85. The van der Waals surface area contributed by atoms with Crippen molar-refractivity contribution in [2.24, 2.45) is 5.92 Å². The topological polar surface area (TPSA) is 45.0 Å². The lowest BCUT2D eigenvalue weighted by Crippen LogP contribution is -2.21. The first kappa shape index (κ1) is 12.8. The summed E-state index contributed by atoms with van der Waals surface area (Å²) in [6.07, 6.45) is 5.18. The minimum absolute atomic E-state index is 0.104. The van der Waals surface area contributed by atoms with Gasteiger partial charge in [0.05, 0.1) is 0 Å². The average molecular weight is 244 g/mol. The highest BCUT2D eigenvalue weighted by molar-refractivity contribution is 5.47. The molecule has 96 valence electrons. The highest BCUT2D eigenvalue weighted by Gasteiger charge is 2.30. The third-order valence-electron chi connectivity index (χ3n) is 3.30. The number of rotatable bonds is 7. The molecule has 1 unspecified atom stereocenters. The maximum atomic E-state index is 8.44. The van der Waals surface area contributed by atoms with E-state index in [0.29, 0.717) is 6.04 Å². The molecule has 0 aromatic heterocycles. The predicted molar refractivity (Wildman–Crippen MR) is 72.6 cm³/mol. The Morgan fingerprint density at radius 1 is 1.39 bits per heavy atom. The van der Waals surface area contributed by atoms with Crippen LogP contribution < -0.4 is 10.1 Å². The summed E-state index contributed by atoms with van der Waals surface area (Å²) >= 11 is 0. The van der Waals surface area contributed by atoms with Gasteiger partial charge in [0.1, 0.15) is 11.8 Å². The Morgan fingerprint density at radius 2 is 2.11 bits per heavy atom. The monoisotopic (exact) mass is 244 g/mol. The van der Waals surface area contributed by atoms with Crippen molar-refractivity contribution >= 4 is 5.69 Å². The van der Waals surface area contributed by atoms with E-state index in [0.717, 1.165) is 17.4 Å². The summed E-state index contributed by atoms with van der Waals surface area (Å²) < 4.78 is 5.23. The van der Waals surface area contributed by atoms with Crippen LogP contribution in [0.2, 0.25) is 0 Å². The molecule has 1 N–H and O–H groups in total. The molecule has 0 aliphatic heterocycles. The molecule has 3 heteroatoms. The van der Waals surface area contributed by atoms with Gasteiger partial charge < -0.3 is 10.1 Å². The number of nitrogens with one attached hydrogen (secondary N) is 1. The molecule has 0 saturated heterocycles. The smallest absolute Gasteiger partial charge is 0.174 e. The fourth-order valence-electron chi connectivity index (χ4n) is 2.21. The maximum absolute atomic E-state index is 8.44. The van der Waals surface area contributed by atoms with E-state index in [1.165, 1.54) is 25.7 Å². The van der Waals surface area contributed by atoms with E-state index in [-0.39, 0.29) is 6.61 Å². The molecule has 2 rings (SSSR count). The zero-order chi connectivity index (χ0) is 12.8. The van der Waals surface area contributed by atoms with Gasteiger partial charge in [-0.05, 0) is 49.4 Å². The number of nitrogens with zero attached hydrogens (tertiary/aromatic N) is 1. The lowest BCUT2D eigenvalue weighted by molar-refractivity contribution is 0.368. The van der Waals surface area contributed by atoms with Crippen LogP contribution in [0.4, 0.5) is 5.69 Å². The Bertz CT molecular complexity index is 403. The van der Waals surface area contributed by atoms with E-state index in [2.05, 4.69) is 12.2 Å². The molecule has 1 fully saturated rings. The highest BCUT2D eigenvalue weighted by Crippen LogP contribution is 2.36. The molecule has 0 heterocycles. The van der Waals surface area contributed by atoms with Crippen molar-refractivity contribution in [1.29, 1.82) is 5.26 Å². The van der Waals surface area contributed by atoms with Crippen molar-refractivity contribution in [1.82, 2.24) is 0 Å². The van der Waals surface area contributed by atoms with E-state index in [9.17, 15) is 0 Å². The third-order valence-corrected chi connectivity index (χ3v) is 3.30. The normalized spacial score (nSPS) is 15.8. The Balaban J connectivity index is 1.90. The van der Waals surface area contributed by atoms with Crippen molar-refractivity contribution in [2.75, 3.05) is 11.9 Å². The maximum Gasteiger partial charge on any atom is 0.174 e. The van der Waals surface area contributed by atoms with E-state index in [4.69, 9.17) is 10.00 Å². The van der Waals surface area contributed by atoms with Crippen molar-refractivity contribution < 1.29 is 4.74 Å². The van der Waals surface area contributed by atoms with Crippen molar-refractivity contribution in [2.45, 2.75) is 38.6 Å². The van der Waals surface area contributed by atoms with Crippen LogP contribution in [0.5, 0.6) is 5.75 Å². The molecule has 1 aliphatic carbocycles. The summed E-state index contributed by atoms with van der Waals surface area (Å²) in [6, 6.07) is 10.5. The van der Waals surface area contributed by atoms with Gasteiger partial charge in [0.2, 0.25) is 0 Å². The van der Waals surface area contributed by atoms with Crippen LogP contribution in [0.1, 0.15) is 32.6 Å². The summed E-state index contributed by atoms with van der Waals surface area (Å²) in [7, 11) is 0. The molecule has 1 aromatic rings. The molecule has 18 heavy (non-hydrogen) atoms. The second-order valence-corrected chi connectivity index (χ2v) is 4.85. The number of ether oxygens (including phenoxy) is 1. The quantitative estimate of drug-likeness (QED) is 0.797. The number of benzene rings is 1. The first-order chi connectivity index (χ1) is 8.83. The molecule has 1 saturated carbocycles. The summed E-state index contributed by atoms with van der Waals surface area (Å²) in [4.78, 5) is 0. The predicted octanol–water partition coefficient (Wildman–Crippen LogP) is 3.58. The summed E-state index contributed by atoms with van der Waals surface area (Å²) in [5.74, 6) is 1.61. The van der Waals surface area contributed by atoms with Crippen molar-refractivity contribution in [3.8, 4) is 11.8 Å². The van der Waals surface area contributed by atoms with Gasteiger partial charge in [-0.15, -0.1) is 0 Å². The van der Waals surface area contributed by atoms with Gasteiger partial charge in [-0.1, -0.05) is 13.3 Å². The van der Waals surface area contributed by atoms with Crippen LogP contribution in [0.15, 0.2) is 24.3 Å². The first-order valence-electron chi connectivity index (χ1n) is 6.70. The number of hydrogen-bond acceptors (Lipinski definition) is 3. The van der Waals surface area contributed by atoms with E-state index >= 15 is 0 Å². The van der Waals surface area contributed by atoms with Crippen LogP contribution in [0.25, 0.3) is 0 Å². The van der Waals surface area contributed by atoms with Crippen LogP contribution in [-0.4, -0.2) is 12.6 Å². The molecule has 0 spiro atoms. The largest absolute Gasteiger partial charge is 0.479 e. The van der Waals surface area contributed by atoms with Gasteiger partial charge in [0, 0.05) is 11.7 Å². The van der Waals surface area contributed by atoms with Gasteiger partial charge >= 0.3 is 0 Å².